The standard InChI is InChI=1S/C30H45NO2/c1-4-33-20-30-17-14-21(2)18-22(30)10-11-24-25-12-13-27(29(25,3)16-15-26(24)30)28(32)19-31-23-8-6-5-7-9-23/h5-9,21-22,24-27,31H,4,10-20H2,1-3H3/t21-,22-,24-,25-,26-,27+,29-,30+/m0/s1. The number of ketones is 1. The first-order valence-corrected chi connectivity index (χ1v) is 13.9. The van der Waals surface area contributed by atoms with E-state index in [1.165, 1.54) is 51.4 Å². The Morgan fingerprint density at radius 3 is 2.64 bits per heavy atom. The molecular weight excluding hydrogens is 406 g/mol. The lowest BCUT2D eigenvalue weighted by molar-refractivity contribution is -0.157. The fraction of sp³-hybridized carbons (Fsp3) is 0.767. The Hall–Kier alpha value is -1.35. The van der Waals surface area contributed by atoms with Crippen LogP contribution >= 0.6 is 0 Å². The Morgan fingerprint density at radius 2 is 1.85 bits per heavy atom. The van der Waals surface area contributed by atoms with E-state index in [2.05, 4.69) is 38.2 Å². The number of ether oxygens (including phenoxy) is 1. The van der Waals surface area contributed by atoms with Crippen LogP contribution in [0.25, 0.3) is 0 Å². The van der Waals surface area contributed by atoms with Gasteiger partial charge >= 0.3 is 0 Å². The zero-order chi connectivity index (χ0) is 23.1. The number of hydrogen-bond donors (Lipinski definition) is 1. The molecule has 5 rings (SSSR count). The molecule has 1 aromatic rings. The van der Waals surface area contributed by atoms with Gasteiger partial charge in [0, 0.05) is 18.2 Å². The van der Waals surface area contributed by atoms with E-state index in [1.54, 1.807) is 0 Å². The summed E-state index contributed by atoms with van der Waals surface area (Å²) in [5, 5.41) is 3.39. The van der Waals surface area contributed by atoms with E-state index >= 15 is 0 Å². The third kappa shape index (κ3) is 4.07. The van der Waals surface area contributed by atoms with Crippen molar-refractivity contribution < 1.29 is 9.53 Å². The summed E-state index contributed by atoms with van der Waals surface area (Å²) >= 11 is 0. The molecule has 0 aliphatic heterocycles. The lowest BCUT2D eigenvalue weighted by atomic mass is 9.44. The van der Waals surface area contributed by atoms with Crippen molar-refractivity contribution in [3.8, 4) is 0 Å². The molecule has 0 saturated heterocycles. The number of nitrogens with one attached hydrogen (secondary N) is 1. The molecule has 4 fully saturated rings. The van der Waals surface area contributed by atoms with Gasteiger partial charge < -0.3 is 10.1 Å². The zero-order valence-corrected chi connectivity index (χ0v) is 21.2. The summed E-state index contributed by atoms with van der Waals surface area (Å²) in [4.78, 5) is 13.4. The van der Waals surface area contributed by atoms with Gasteiger partial charge in [0.25, 0.3) is 0 Å². The van der Waals surface area contributed by atoms with Crippen molar-refractivity contribution in [2.24, 2.45) is 46.3 Å². The van der Waals surface area contributed by atoms with Gasteiger partial charge in [-0.2, -0.15) is 0 Å². The van der Waals surface area contributed by atoms with Crippen LogP contribution in [0.2, 0.25) is 0 Å². The van der Waals surface area contributed by atoms with Crippen LogP contribution in [0.15, 0.2) is 30.3 Å². The molecule has 3 heteroatoms. The molecular formula is C30H45NO2. The molecule has 4 saturated carbocycles. The molecule has 4 aliphatic carbocycles. The largest absolute Gasteiger partial charge is 0.381 e. The van der Waals surface area contributed by atoms with E-state index in [0.29, 0.717) is 17.7 Å². The van der Waals surface area contributed by atoms with E-state index in [1.807, 2.05) is 18.2 Å². The van der Waals surface area contributed by atoms with Gasteiger partial charge in [-0.25, -0.2) is 0 Å². The Kier molecular flexibility index (Phi) is 6.64. The number of benzene rings is 1. The highest BCUT2D eigenvalue weighted by Gasteiger charge is 2.62. The van der Waals surface area contributed by atoms with Gasteiger partial charge in [0.1, 0.15) is 0 Å². The first kappa shape index (κ1) is 23.4. The molecule has 0 heterocycles. The molecule has 0 unspecified atom stereocenters. The Balaban J connectivity index is 1.32. The smallest absolute Gasteiger partial charge is 0.155 e. The van der Waals surface area contributed by atoms with Gasteiger partial charge in [-0.05, 0) is 111 Å². The van der Waals surface area contributed by atoms with Gasteiger partial charge in [-0.3, -0.25) is 4.79 Å². The topological polar surface area (TPSA) is 38.3 Å². The number of rotatable bonds is 7. The van der Waals surface area contributed by atoms with Crippen LogP contribution in [0.3, 0.4) is 0 Å². The van der Waals surface area contributed by atoms with Crippen molar-refractivity contribution in [1.29, 1.82) is 0 Å². The number of hydrogen-bond acceptors (Lipinski definition) is 3. The van der Waals surface area contributed by atoms with E-state index in [4.69, 9.17) is 4.74 Å². The molecule has 182 valence electrons. The number of Topliss-reactive ketones (excluding diaryl/α,β-unsaturated/α-hetero) is 1. The molecule has 0 aromatic heterocycles. The average molecular weight is 452 g/mol. The molecule has 1 aromatic carbocycles. The summed E-state index contributed by atoms with van der Waals surface area (Å²) in [5.41, 5.74) is 1.65. The maximum Gasteiger partial charge on any atom is 0.155 e. The Bertz CT molecular complexity index is 820. The van der Waals surface area contributed by atoms with Crippen molar-refractivity contribution in [3.63, 3.8) is 0 Å². The number of anilines is 1. The van der Waals surface area contributed by atoms with Crippen LogP contribution in [-0.2, 0) is 9.53 Å². The summed E-state index contributed by atoms with van der Waals surface area (Å²) in [7, 11) is 0. The molecule has 0 radical (unpaired) electrons. The van der Waals surface area contributed by atoms with Crippen LogP contribution in [0.4, 0.5) is 5.69 Å². The Morgan fingerprint density at radius 1 is 1.03 bits per heavy atom. The SMILES string of the molecule is CCOC[C@]12CC[C@H](C)C[C@@H]1CC[C@H]1[C@@H]3CC[C@H](C(=O)CNc4ccccc4)[C@@]3(C)CC[C@@H]12. The summed E-state index contributed by atoms with van der Waals surface area (Å²) in [6, 6.07) is 10.2. The van der Waals surface area contributed by atoms with Crippen molar-refractivity contribution in [2.75, 3.05) is 25.1 Å². The highest BCUT2D eigenvalue weighted by Crippen LogP contribution is 2.68. The predicted molar refractivity (Wildman–Crippen MR) is 135 cm³/mol. The van der Waals surface area contributed by atoms with Crippen LogP contribution in [0.5, 0.6) is 0 Å². The lowest BCUT2D eigenvalue weighted by Crippen LogP contribution is -2.56. The highest BCUT2D eigenvalue weighted by atomic mass is 16.5. The maximum atomic E-state index is 13.4. The summed E-state index contributed by atoms with van der Waals surface area (Å²) in [5.74, 6) is 4.73. The van der Waals surface area contributed by atoms with Crippen molar-refractivity contribution >= 4 is 11.5 Å². The van der Waals surface area contributed by atoms with Gasteiger partial charge in [-0.1, -0.05) is 38.5 Å². The van der Waals surface area contributed by atoms with Crippen LogP contribution in [0.1, 0.15) is 78.6 Å². The monoisotopic (exact) mass is 451 g/mol. The third-order valence-electron chi connectivity index (χ3n) is 10.8. The lowest BCUT2D eigenvalue weighted by Gasteiger charge is -2.62. The summed E-state index contributed by atoms with van der Waals surface area (Å²) < 4.78 is 6.22. The molecule has 33 heavy (non-hydrogen) atoms. The van der Waals surface area contributed by atoms with Gasteiger partial charge in [0.05, 0.1) is 13.2 Å². The summed E-state index contributed by atoms with van der Waals surface area (Å²) in [6.07, 6.45) is 11.8. The van der Waals surface area contributed by atoms with E-state index < -0.39 is 0 Å². The summed E-state index contributed by atoms with van der Waals surface area (Å²) in [6.45, 7) is 9.40. The molecule has 0 spiro atoms. The van der Waals surface area contributed by atoms with Gasteiger partial charge in [-0.15, -0.1) is 0 Å². The van der Waals surface area contributed by atoms with Crippen LogP contribution in [0, 0.1) is 46.3 Å². The van der Waals surface area contributed by atoms with E-state index in [-0.39, 0.29) is 11.3 Å². The number of para-hydroxylation sites is 1. The van der Waals surface area contributed by atoms with Gasteiger partial charge in [0.2, 0.25) is 0 Å². The fourth-order valence-corrected chi connectivity index (χ4v) is 9.23. The predicted octanol–water partition coefficient (Wildman–Crippen LogP) is 6.98. The number of fused-ring (bicyclic) bond motifs is 5. The number of carbonyl (C=O) groups excluding carboxylic acids is 1. The minimum Gasteiger partial charge on any atom is -0.381 e. The molecule has 0 amide bonds. The molecule has 1 N–H and O–H groups in total. The minimum absolute atomic E-state index is 0.193. The van der Waals surface area contributed by atoms with Crippen LogP contribution < -0.4 is 5.32 Å². The maximum absolute atomic E-state index is 13.4. The average Bonchev–Trinajstić information content (AvgIpc) is 3.19. The van der Waals surface area contributed by atoms with E-state index in [0.717, 1.165) is 54.9 Å². The normalized spacial score (nSPS) is 42.2. The molecule has 4 aliphatic rings. The third-order valence-corrected chi connectivity index (χ3v) is 10.8. The second-order valence-electron chi connectivity index (χ2n) is 12.3. The zero-order valence-electron chi connectivity index (χ0n) is 21.2. The highest BCUT2D eigenvalue weighted by molar-refractivity contribution is 5.86. The quantitative estimate of drug-likeness (QED) is 0.486. The Labute approximate surface area is 201 Å². The molecule has 3 nitrogen and oxygen atoms in total. The minimum atomic E-state index is 0.193. The molecule has 0 bridgehead atoms. The van der Waals surface area contributed by atoms with Gasteiger partial charge in [0.15, 0.2) is 5.78 Å². The van der Waals surface area contributed by atoms with E-state index in [9.17, 15) is 4.79 Å². The van der Waals surface area contributed by atoms with Crippen molar-refractivity contribution in [2.45, 2.75) is 78.6 Å². The van der Waals surface area contributed by atoms with Crippen molar-refractivity contribution in [3.05, 3.63) is 30.3 Å². The number of carbonyl (C=O) groups is 1. The second-order valence-corrected chi connectivity index (χ2v) is 12.3. The van der Waals surface area contributed by atoms with Crippen molar-refractivity contribution in [1.82, 2.24) is 0 Å². The first-order valence-electron chi connectivity index (χ1n) is 13.9. The molecule has 8 atom stereocenters. The van der Waals surface area contributed by atoms with Crippen LogP contribution in [-0.4, -0.2) is 25.5 Å². The first-order chi connectivity index (χ1) is 16.0. The fourth-order valence-electron chi connectivity index (χ4n) is 9.23. The second kappa shape index (κ2) is 9.36.